The first kappa shape index (κ1) is 17.7. The van der Waals surface area contributed by atoms with Gasteiger partial charge >= 0.3 is 0 Å². The van der Waals surface area contributed by atoms with Crippen LogP contribution in [0.3, 0.4) is 0 Å². The first-order chi connectivity index (χ1) is 13.7. The number of nitrogens with zero attached hydrogens (tertiary/aromatic N) is 3. The maximum absolute atomic E-state index is 12.6. The minimum atomic E-state index is -0.00712. The van der Waals surface area contributed by atoms with Crippen LogP contribution in [0.15, 0.2) is 48.8 Å². The van der Waals surface area contributed by atoms with Crippen molar-refractivity contribution in [3.05, 3.63) is 59.4 Å². The zero-order chi connectivity index (χ0) is 19.3. The van der Waals surface area contributed by atoms with Crippen molar-refractivity contribution in [1.82, 2.24) is 20.1 Å². The molecule has 1 amide bonds. The Hall–Kier alpha value is -2.40. The third-order valence-corrected chi connectivity index (χ3v) is 6.77. The van der Waals surface area contributed by atoms with Crippen molar-refractivity contribution in [2.75, 3.05) is 0 Å². The van der Waals surface area contributed by atoms with Gasteiger partial charge in [-0.1, -0.05) is 18.5 Å². The molecule has 2 saturated carbocycles. The highest BCUT2D eigenvalue weighted by atomic mass is 35.5. The van der Waals surface area contributed by atoms with E-state index in [1.807, 2.05) is 18.5 Å². The Bertz CT molecular complexity index is 1000. The zero-order valence-corrected chi connectivity index (χ0v) is 16.5. The second kappa shape index (κ2) is 6.89. The molecule has 2 fully saturated rings. The van der Waals surface area contributed by atoms with E-state index in [4.69, 9.17) is 11.6 Å². The number of rotatable bonds is 5. The summed E-state index contributed by atoms with van der Waals surface area (Å²) in [6.07, 6.45) is 6.93. The molecule has 5 rings (SSSR count). The van der Waals surface area contributed by atoms with Gasteiger partial charge in [-0.2, -0.15) is 5.10 Å². The van der Waals surface area contributed by atoms with Gasteiger partial charge in [-0.05, 0) is 73.4 Å². The van der Waals surface area contributed by atoms with Crippen molar-refractivity contribution < 1.29 is 4.79 Å². The summed E-state index contributed by atoms with van der Waals surface area (Å²) >= 11 is 5.92. The molecule has 1 N–H and O–H groups in total. The quantitative estimate of drug-likeness (QED) is 0.693. The van der Waals surface area contributed by atoms with Crippen LogP contribution in [0.1, 0.15) is 42.6 Å². The summed E-state index contributed by atoms with van der Waals surface area (Å²) in [5.74, 6) is 1.91. The normalized spacial score (nSPS) is 26.8. The molecule has 2 aliphatic carbocycles. The monoisotopic (exact) mass is 394 g/mol. The van der Waals surface area contributed by atoms with Crippen LogP contribution in [-0.2, 0) is 0 Å². The molecule has 28 heavy (non-hydrogen) atoms. The first-order valence-corrected chi connectivity index (χ1v) is 10.4. The van der Waals surface area contributed by atoms with Crippen molar-refractivity contribution in [2.45, 2.75) is 38.3 Å². The van der Waals surface area contributed by atoms with Crippen LogP contribution in [0.25, 0.3) is 11.0 Å². The van der Waals surface area contributed by atoms with E-state index in [-0.39, 0.29) is 11.9 Å². The first-order valence-electron chi connectivity index (χ1n) is 10.0. The lowest BCUT2D eigenvalue weighted by molar-refractivity contribution is 0.0927. The third kappa shape index (κ3) is 2.98. The molecular formula is C22H23ClN4O. The summed E-state index contributed by atoms with van der Waals surface area (Å²) in [7, 11) is 0. The second-order valence-electron chi connectivity index (χ2n) is 8.03. The number of hydrogen-bond donors (Lipinski definition) is 1. The number of carbonyl (C=O) groups excluding carboxylic acids is 1. The highest BCUT2D eigenvalue weighted by Crippen LogP contribution is 2.62. The number of halogens is 1. The fourth-order valence-corrected chi connectivity index (χ4v) is 5.26. The SMILES string of the molecule is CCC(NC(=O)c1ccc(Cl)cc1)[C@H]1[C@@H]2C[C@@H](n3ncc4cccnc43)C[C@@H]21. The van der Waals surface area contributed by atoms with Crippen molar-refractivity contribution in [1.29, 1.82) is 0 Å². The number of pyridine rings is 1. The van der Waals surface area contributed by atoms with Gasteiger partial charge in [0.25, 0.3) is 5.91 Å². The number of carbonyl (C=O) groups is 1. The van der Waals surface area contributed by atoms with Gasteiger partial charge < -0.3 is 5.32 Å². The Morgan fingerprint density at radius 3 is 2.71 bits per heavy atom. The maximum Gasteiger partial charge on any atom is 0.251 e. The minimum absolute atomic E-state index is 0.00712. The van der Waals surface area contributed by atoms with Gasteiger partial charge in [0.15, 0.2) is 5.65 Å². The van der Waals surface area contributed by atoms with Crippen LogP contribution in [0.4, 0.5) is 0 Å². The maximum atomic E-state index is 12.6. The molecule has 0 bridgehead atoms. The van der Waals surface area contributed by atoms with Crippen molar-refractivity contribution in [3.8, 4) is 0 Å². The largest absolute Gasteiger partial charge is 0.349 e. The van der Waals surface area contributed by atoms with E-state index in [0.717, 1.165) is 30.3 Å². The Morgan fingerprint density at radius 2 is 2.00 bits per heavy atom. The molecule has 0 aliphatic heterocycles. The summed E-state index contributed by atoms with van der Waals surface area (Å²) < 4.78 is 2.10. The molecule has 2 heterocycles. The topological polar surface area (TPSA) is 59.8 Å². The van der Waals surface area contributed by atoms with Crippen LogP contribution >= 0.6 is 11.6 Å². The Labute approximate surface area is 169 Å². The lowest BCUT2D eigenvalue weighted by Crippen LogP contribution is -2.37. The predicted octanol–water partition coefficient (Wildman–Crippen LogP) is 4.49. The van der Waals surface area contributed by atoms with Crippen LogP contribution < -0.4 is 5.32 Å². The molecule has 144 valence electrons. The Balaban J connectivity index is 1.24. The molecule has 5 atom stereocenters. The number of aromatic nitrogens is 3. The van der Waals surface area contributed by atoms with Gasteiger partial charge in [0.1, 0.15) is 0 Å². The lowest BCUT2D eigenvalue weighted by atomic mass is 9.99. The van der Waals surface area contributed by atoms with Gasteiger partial charge in [-0.15, -0.1) is 0 Å². The fourth-order valence-electron chi connectivity index (χ4n) is 5.13. The summed E-state index contributed by atoms with van der Waals surface area (Å²) in [5, 5.41) is 9.59. The van der Waals surface area contributed by atoms with E-state index in [1.165, 1.54) is 0 Å². The summed E-state index contributed by atoms with van der Waals surface area (Å²) in [4.78, 5) is 17.1. The van der Waals surface area contributed by atoms with Crippen LogP contribution in [0.2, 0.25) is 5.02 Å². The van der Waals surface area contributed by atoms with E-state index >= 15 is 0 Å². The van der Waals surface area contributed by atoms with Crippen LogP contribution in [-0.4, -0.2) is 26.7 Å². The molecule has 0 spiro atoms. The van der Waals surface area contributed by atoms with Gasteiger partial charge in [0, 0.05) is 28.2 Å². The summed E-state index contributed by atoms with van der Waals surface area (Å²) in [5.41, 5.74) is 1.65. The summed E-state index contributed by atoms with van der Waals surface area (Å²) in [6.45, 7) is 2.16. The molecule has 0 radical (unpaired) electrons. The van der Waals surface area contributed by atoms with E-state index in [9.17, 15) is 4.79 Å². The zero-order valence-electron chi connectivity index (χ0n) is 15.8. The molecule has 3 aromatic rings. The molecule has 0 saturated heterocycles. The molecule has 6 heteroatoms. The predicted molar refractivity (Wildman–Crippen MR) is 109 cm³/mol. The number of nitrogens with one attached hydrogen (secondary N) is 1. The Kier molecular flexibility index (Phi) is 4.35. The van der Waals surface area contributed by atoms with Gasteiger partial charge in [0.2, 0.25) is 0 Å². The molecule has 5 nitrogen and oxygen atoms in total. The smallest absolute Gasteiger partial charge is 0.251 e. The van der Waals surface area contributed by atoms with E-state index < -0.39 is 0 Å². The number of benzene rings is 1. The van der Waals surface area contributed by atoms with E-state index in [1.54, 1.807) is 24.3 Å². The molecule has 2 aliphatic rings. The van der Waals surface area contributed by atoms with Crippen LogP contribution in [0, 0.1) is 17.8 Å². The molecule has 1 aromatic carbocycles. The van der Waals surface area contributed by atoms with Crippen molar-refractivity contribution >= 4 is 28.5 Å². The Morgan fingerprint density at radius 1 is 1.25 bits per heavy atom. The number of fused-ring (bicyclic) bond motifs is 2. The highest BCUT2D eigenvalue weighted by molar-refractivity contribution is 6.30. The standard InChI is InChI=1S/C22H23ClN4O/c1-2-19(26-22(28)13-5-7-15(23)8-6-13)20-17-10-16(11-18(17)20)27-21-14(12-25-27)4-3-9-24-21/h3-9,12,16-20H,2,10-11H2,1H3,(H,26,28)/t16-,17-,18+,19?,20+. The summed E-state index contributed by atoms with van der Waals surface area (Å²) in [6, 6.07) is 11.7. The van der Waals surface area contributed by atoms with Gasteiger partial charge in [-0.3, -0.25) is 4.79 Å². The number of amides is 1. The average molecular weight is 395 g/mol. The van der Waals surface area contributed by atoms with Crippen LogP contribution in [0.5, 0.6) is 0 Å². The van der Waals surface area contributed by atoms with Crippen molar-refractivity contribution in [3.63, 3.8) is 0 Å². The molecule has 2 aromatic heterocycles. The van der Waals surface area contributed by atoms with Gasteiger partial charge in [0.05, 0.1) is 12.2 Å². The lowest BCUT2D eigenvalue weighted by Gasteiger charge is -2.22. The fraction of sp³-hybridized carbons (Fsp3) is 0.409. The number of hydrogen-bond acceptors (Lipinski definition) is 3. The van der Waals surface area contributed by atoms with Crippen molar-refractivity contribution in [2.24, 2.45) is 17.8 Å². The molecule has 1 unspecified atom stereocenters. The highest BCUT2D eigenvalue weighted by Gasteiger charge is 2.59. The van der Waals surface area contributed by atoms with Gasteiger partial charge in [-0.25, -0.2) is 9.67 Å². The second-order valence-corrected chi connectivity index (χ2v) is 8.47. The van der Waals surface area contributed by atoms with E-state index in [2.05, 4.69) is 33.1 Å². The molecular weight excluding hydrogens is 372 g/mol. The van der Waals surface area contributed by atoms with E-state index in [0.29, 0.717) is 34.4 Å². The third-order valence-electron chi connectivity index (χ3n) is 6.51. The minimum Gasteiger partial charge on any atom is -0.349 e. The average Bonchev–Trinajstić information content (AvgIpc) is 3.07.